The average Bonchev–Trinajstić information content (AvgIpc) is 2.65. The van der Waals surface area contributed by atoms with Gasteiger partial charge in [-0.2, -0.15) is 4.98 Å². The molecule has 2 aromatic heterocycles. The van der Waals surface area contributed by atoms with Crippen LogP contribution >= 0.6 is 11.6 Å². The second kappa shape index (κ2) is 8.60. The van der Waals surface area contributed by atoms with E-state index in [4.69, 9.17) is 16.7 Å². The van der Waals surface area contributed by atoms with Gasteiger partial charge in [0.25, 0.3) is 0 Å². The maximum atomic E-state index is 8.97. The van der Waals surface area contributed by atoms with Gasteiger partial charge in [0, 0.05) is 47.9 Å². The fourth-order valence-electron chi connectivity index (χ4n) is 2.40. The van der Waals surface area contributed by atoms with Crippen molar-refractivity contribution in [1.29, 1.82) is 0 Å². The number of hydrogen-bond acceptors (Lipinski definition) is 6. The predicted molar refractivity (Wildman–Crippen MR) is 105 cm³/mol. The molecule has 3 aromatic rings. The van der Waals surface area contributed by atoms with Gasteiger partial charge >= 0.3 is 0 Å². The molecule has 0 aliphatic heterocycles. The van der Waals surface area contributed by atoms with Gasteiger partial charge in [0.15, 0.2) is 0 Å². The van der Waals surface area contributed by atoms with Gasteiger partial charge in [-0.3, -0.25) is 4.98 Å². The molecule has 0 bridgehead atoms. The van der Waals surface area contributed by atoms with Crippen LogP contribution in [-0.4, -0.2) is 33.2 Å². The Morgan fingerprint density at radius 2 is 2.04 bits per heavy atom. The van der Waals surface area contributed by atoms with Crippen molar-refractivity contribution in [2.24, 2.45) is 0 Å². The number of halogens is 1. The van der Waals surface area contributed by atoms with E-state index in [0.29, 0.717) is 29.8 Å². The van der Waals surface area contributed by atoms with E-state index in [9.17, 15) is 0 Å². The molecule has 0 spiro atoms. The van der Waals surface area contributed by atoms with Crippen LogP contribution in [0.25, 0.3) is 11.3 Å². The molecule has 0 saturated heterocycles. The van der Waals surface area contributed by atoms with Crippen LogP contribution in [0.2, 0.25) is 5.02 Å². The van der Waals surface area contributed by atoms with E-state index in [1.165, 1.54) is 0 Å². The summed E-state index contributed by atoms with van der Waals surface area (Å²) in [4.78, 5) is 13.2. The van der Waals surface area contributed by atoms with Crippen LogP contribution in [0.5, 0.6) is 0 Å². The minimum Gasteiger partial charge on any atom is -0.396 e. The van der Waals surface area contributed by atoms with Crippen molar-refractivity contribution < 1.29 is 5.11 Å². The SMILES string of the molecule is Cc1ccc(Cl)cc1Nc1cc(-c2cccnc2)nc(NCCCO)n1. The predicted octanol–water partition coefficient (Wildman–Crippen LogP) is 4.04. The first-order chi connectivity index (χ1) is 12.7. The first kappa shape index (κ1) is 18.1. The fraction of sp³-hybridized carbons (Fsp3) is 0.211. The molecule has 6 nitrogen and oxygen atoms in total. The summed E-state index contributed by atoms with van der Waals surface area (Å²) in [6.07, 6.45) is 4.10. The lowest BCUT2D eigenvalue weighted by Gasteiger charge is -2.13. The molecule has 0 aliphatic rings. The van der Waals surface area contributed by atoms with Gasteiger partial charge in [-0.25, -0.2) is 4.98 Å². The van der Waals surface area contributed by atoms with E-state index in [2.05, 4.69) is 25.6 Å². The van der Waals surface area contributed by atoms with Gasteiger partial charge in [0.2, 0.25) is 5.95 Å². The number of rotatable bonds is 7. The third kappa shape index (κ3) is 4.68. The summed E-state index contributed by atoms with van der Waals surface area (Å²) in [6, 6.07) is 11.3. The van der Waals surface area contributed by atoms with Gasteiger partial charge in [0.1, 0.15) is 5.82 Å². The van der Waals surface area contributed by atoms with Gasteiger partial charge < -0.3 is 15.7 Å². The molecular formula is C19H20ClN5O. The Hall–Kier alpha value is -2.70. The number of nitrogens with one attached hydrogen (secondary N) is 2. The Morgan fingerprint density at radius 3 is 2.81 bits per heavy atom. The number of hydrogen-bond donors (Lipinski definition) is 3. The third-order valence-corrected chi connectivity index (χ3v) is 4.00. The molecule has 0 radical (unpaired) electrons. The number of benzene rings is 1. The number of aromatic nitrogens is 3. The van der Waals surface area contributed by atoms with E-state index in [1.807, 2.05) is 43.3 Å². The Morgan fingerprint density at radius 1 is 1.15 bits per heavy atom. The molecule has 3 rings (SSSR count). The Balaban J connectivity index is 1.95. The smallest absolute Gasteiger partial charge is 0.225 e. The van der Waals surface area contributed by atoms with Crippen molar-refractivity contribution in [2.75, 3.05) is 23.8 Å². The summed E-state index contributed by atoms with van der Waals surface area (Å²) in [5.74, 6) is 1.14. The van der Waals surface area contributed by atoms with Crippen LogP contribution in [0, 0.1) is 6.92 Å². The lowest BCUT2D eigenvalue weighted by molar-refractivity contribution is 0.292. The Labute approximate surface area is 157 Å². The van der Waals surface area contributed by atoms with Gasteiger partial charge in [-0.1, -0.05) is 17.7 Å². The minimum absolute atomic E-state index is 0.113. The van der Waals surface area contributed by atoms with Gasteiger partial charge in [0.05, 0.1) is 5.69 Å². The quantitative estimate of drug-likeness (QED) is 0.545. The third-order valence-electron chi connectivity index (χ3n) is 3.76. The molecule has 0 atom stereocenters. The standard InChI is InChI=1S/C19H20ClN5O/c1-13-5-6-15(20)10-16(13)23-18-11-17(14-4-2-7-21-12-14)24-19(25-18)22-8-3-9-26/h2,4-7,10-12,26H,3,8-9H2,1H3,(H2,22,23,24,25). The number of nitrogens with zero attached hydrogens (tertiary/aromatic N) is 3. The Bertz CT molecular complexity index is 873. The highest BCUT2D eigenvalue weighted by molar-refractivity contribution is 6.30. The molecule has 7 heteroatoms. The summed E-state index contributed by atoms with van der Waals surface area (Å²) in [5, 5.41) is 16.1. The number of aliphatic hydroxyl groups is 1. The normalized spacial score (nSPS) is 10.6. The first-order valence-electron chi connectivity index (χ1n) is 8.33. The summed E-state index contributed by atoms with van der Waals surface area (Å²) in [5.41, 5.74) is 3.59. The number of pyridine rings is 1. The van der Waals surface area contributed by atoms with Crippen LogP contribution < -0.4 is 10.6 Å². The van der Waals surface area contributed by atoms with Crippen molar-refractivity contribution in [3.63, 3.8) is 0 Å². The van der Waals surface area contributed by atoms with Crippen molar-refractivity contribution in [3.8, 4) is 11.3 Å². The number of aryl methyl sites for hydroxylation is 1. The van der Waals surface area contributed by atoms with Crippen molar-refractivity contribution >= 4 is 29.1 Å². The monoisotopic (exact) mass is 369 g/mol. The average molecular weight is 370 g/mol. The second-order valence-corrected chi connectivity index (χ2v) is 6.23. The zero-order chi connectivity index (χ0) is 18.4. The highest BCUT2D eigenvalue weighted by atomic mass is 35.5. The van der Waals surface area contributed by atoms with Crippen LogP contribution in [0.4, 0.5) is 17.5 Å². The van der Waals surface area contributed by atoms with Crippen molar-refractivity contribution in [3.05, 3.63) is 59.4 Å². The van der Waals surface area contributed by atoms with Crippen molar-refractivity contribution in [2.45, 2.75) is 13.3 Å². The van der Waals surface area contributed by atoms with Crippen LogP contribution in [-0.2, 0) is 0 Å². The first-order valence-corrected chi connectivity index (χ1v) is 8.71. The largest absolute Gasteiger partial charge is 0.396 e. The number of anilines is 3. The summed E-state index contributed by atoms with van der Waals surface area (Å²) < 4.78 is 0. The topological polar surface area (TPSA) is 83.0 Å². The Kier molecular flexibility index (Phi) is 5.99. The molecule has 3 N–H and O–H groups in total. The zero-order valence-electron chi connectivity index (χ0n) is 14.4. The lowest BCUT2D eigenvalue weighted by atomic mass is 10.2. The second-order valence-electron chi connectivity index (χ2n) is 5.79. The van der Waals surface area contributed by atoms with E-state index in [-0.39, 0.29) is 6.61 Å². The van der Waals surface area contributed by atoms with E-state index in [1.54, 1.807) is 12.4 Å². The van der Waals surface area contributed by atoms with Crippen LogP contribution in [0.15, 0.2) is 48.8 Å². The fourth-order valence-corrected chi connectivity index (χ4v) is 2.57. The number of aliphatic hydroxyl groups excluding tert-OH is 1. The molecule has 134 valence electrons. The summed E-state index contributed by atoms with van der Waals surface area (Å²) in [7, 11) is 0. The molecule has 1 aromatic carbocycles. The molecular weight excluding hydrogens is 350 g/mol. The molecule has 0 unspecified atom stereocenters. The maximum absolute atomic E-state index is 8.97. The molecule has 26 heavy (non-hydrogen) atoms. The molecule has 0 aliphatic carbocycles. The molecule has 0 saturated carbocycles. The maximum Gasteiger partial charge on any atom is 0.225 e. The van der Waals surface area contributed by atoms with Gasteiger partial charge in [-0.15, -0.1) is 0 Å². The zero-order valence-corrected chi connectivity index (χ0v) is 15.2. The summed E-state index contributed by atoms with van der Waals surface area (Å²) in [6.45, 7) is 2.70. The highest BCUT2D eigenvalue weighted by Crippen LogP contribution is 2.26. The minimum atomic E-state index is 0.113. The lowest BCUT2D eigenvalue weighted by Crippen LogP contribution is -2.09. The highest BCUT2D eigenvalue weighted by Gasteiger charge is 2.09. The van der Waals surface area contributed by atoms with E-state index < -0.39 is 0 Å². The van der Waals surface area contributed by atoms with E-state index in [0.717, 1.165) is 22.5 Å². The van der Waals surface area contributed by atoms with Crippen molar-refractivity contribution in [1.82, 2.24) is 15.0 Å². The summed E-state index contributed by atoms with van der Waals surface area (Å²) >= 11 is 6.11. The van der Waals surface area contributed by atoms with Gasteiger partial charge in [-0.05, 0) is 43.2 Å². The molecule has 2 heterocycles. The van der Waals surface area contributed by atoms with E-state index >= 15 is 0 Å². The van der Waals surface area contributed by atoms with Crippen LogP contribution in [0.3, 0.4) is 0 Å². The van der Waals surface area contributed by atoms with Crippen LogP contribution in [0.1, 0.15) is 12.0 Å². The molecule has 0 fully saturated rings. The molecule has 0 amide bonds.